The molecule has 0 spiro atoms. The first kappa shape index (κ1) is 11.6. The Morgan fingerprint density at radius 3 is 2.81 bits per heavy atom. The van der Waals surface area contributed by atoms with Crippen LogP contribution < -0.4 is 5.32 Å². The maximum Gasteiger partial charge on any atom is 0.0540 e. The third-order valence-electron chi connectivity index (χ3n) is 3.66. The smallest absolute Gasteiger partial charge is 0.0540 e. The highest BCUT2D eigenvalue weighted by molar-refractivity contribution is 5.20. The van der Waals surface area contributed by atoms with Gasteiger partial charge in [0, 0.05) is 24.3 Å². The molecule has 1 aliphatic rings. The summed E-state index contributed by atoms with van der Waals surface area (Å²) in [7, 11) is 2.02. The second-order valence-corrected chi connectivity index (χ2v) is 4.94. The lowest BCUT2D eigenvalue weighted by molar-refractivity contribution is 0.479. The van der Waals surface area contributed by atoms with Crippen LogP contribution in [0, 0.1) is 12.8 Å². The van der Waals surface area contributed by atoms with Crippen LogP contribution in [0.2, 0.25) is 0 Å². The van der Waals surface area contributed by atoms with Crippen LogP contribution >= 0.6 is 0 Å². The fourth-order valence-corrected chi connectivity index (χ4v) is 2.28. The largest absolute Gasteiger partial charge is 0.310 e. The van der Waals surface area contributed by atoms with E-state index in [9.17, 15) is 0 Å². The zero-order chi connectivity index (χ0) is 11.5. The molecule has 0 bridgehead atoms. The molecule has 0 amide bonds. The van der Waals surface area contributed by atoms with Crippen LogP contribution in [0.4, 0.5) is 0 Å². The Balaban J connectivity index is 2.01. The molecule has 1 heterocycles. The van der Waals surface area contributed by atoms with E-state index in [0.29, 0.717) is 6.04 Å². The van der Waals surface area contributed by atoms with Gasteiger partial charge in [-0.1, -0.05) is 19.8 Å². The first-order valence-electron chi connectivity index (χ1n) is 6.44. The van der Waals surface area contributed by atoms with E-state index < -0.39 is 0 Å². The summed E-state index contributed by atoms with van der Waals surface area (Å²) in [6, 6.07) is 0.499. The van der Waals surface area contributed by atoms with Gasteiger partial charge < -0.3 is 5.32 Å². The Hall–Kier alpha value is -0.830. The van der Waals surface area contributed by atoms with Crippen LogP contribution in [0.3, 0.4) is 0 Å². The van der Waals surface area contributed by atoms with Gasteiger partial charge in [0.15, 0.2) is 0 Å². The van der Waals surface area contributed by atoms with Gasteiger partial charge >= 0.3 is 0 Å². The van der Waals surface area contributed by atoms with Gasteiger partial charge in [-0.3, -0.25) is 4.68 Å². The monoisotopic (exact) mass is 221 g/mol. The second kappa shape index (κ2) is 5.00. The minimum absolute atomic E-state index is 0.499. The molecule has 3 heteroatoms. The SMILES string of the molecule is CCNC(CCC1CC1)c1cnn(C)c1C. The van der Waals surface area contributed by atoms with Crippen molar-refractivity contribution in [3.63, 3.8) is 0 Å². The van der Waals surface area contributed by atoms with E-state index >= 15 is 0 Å². The summed E-state index contributed by atoms with van der Waals surface area (Å²) in [6.45, 7) is 5.36. The molecule has 90 valence electrons. The molecular formula is C13H23N3. The first-order chi connectivity index (χ1) is 7.72. The molecule has 1 fully saturated rings. The van der Waals surface area contributed by atoms with Crippen LogP contribution in [0.1, 0.15) is 49.9 Å². The quantitative estimate of drug-likeness (QED) is 0.800. The lowest BCUT2D eigenvalue weighted by Gasteiger charge is -2.17. The van der Waals surface area contributed by atoms with Crippen LogP contribution in [-0.4, -0.2) is 16.3 Å². The Morgan fingerprint density at radius 2 is 2.31 bits per heavy atom. The van der Waals surface area contributed by atoms with Crippen molar-refractivity contribution >= 4 is 0 Å². The molecule has 3 nitrogen and oxygen atoms in total. The lowest BCUT2D eigenvalue weighted by atomic mass is 10.0. The normalized spacial score (nSPS) is 17.7. The van der Waals surface area contributed by atoms with Crippen molar-refractivity contribution in [1.29, 1.82) is 0 Å². The number of hydrogen-bond donors (Lipinski definition) is 1. The van der Waals surface area contributed by atoms with E-state index in [1.54, 1.807) is 0 Å². The van der Waals surface area contributed by atoms with Crippen molar-refractivity contribution in [2.24, 2.45) is 13.0 Å². The number of nitrogens with one attached hydrogen (secondary N) is 1. The predicted octanol–water partition coefficient (Wildman–Crippen LogP) is 2.57. The highest BCUT2D eigenvalue weighted by Crippen LogP contribution is 2.36. The van der Waals surface area contributed by atoms with Crippen LogP contribution in [-0.2, 0) is 7.05 Å². The van der Waals surface area contributed by atoms with Gasteiger partial charge in [-0.2, -0.15) is 5.10 Å². The van der Waals surface area contributed by atoms with Gasteiger partial charge in [0.1, 0.15) is 0 Å². The second-order valence-electron chi connectivity index (χ2n) is 4.94. The average molecular weight is 221 g/mol. The molecule has 2 rings (SSSR count). The number of hydrogen-bond acceptors (Lipinski definition) is 2. The maximum atomic E-state index is 4.34. The summed E-state index contributed by atoms with van der Waals surface area (Å²) >= 11 is 0. The molecular weight excluding hydrogens is 198 g/mol. The standard InChI is InChI=1S/C13H23N3/c1-4-14-13(8-7-11-5-6-11)12-9-15-16(3)10(12)2/h9,11,13-14H,4-8H2,1-3H3. The first-order valence-corrected chi connectivity index (χ1v) is 6.44. The van der Waals surface area contributed by atoms with Gasteiger partial charge in [-0.15, -0.1) is 0 Å². The van der Waals surface area contributed by atoms with E-state index in [-0.39, 0.29) is 0 Å². The number of aromatic nitrogens is 2. The molecule has 1 atom stereocenters. The van der Waals surface area contributed by atoms with E-state index in [2.05, 4.69) is 24.3 Å². The van der Waals surface area contributed by atoms with Crippen molar-refractivity contribution in [3.8, 4) is 0 Å². The van der Waals surface area contributed by atoms with Crippen LogP contribution in [0.5, 0.6) is 0 Å². The Bertz CT molecular complexity index is 339. The Kier molecular flexibility index (Phi) is 3.64. The van der Waals surface area contributed by atoms with Gasteiger partial charge in [-0.25, -0.2) is 0 Å². The molecule has 1 N–H and O–H groups in total. The third-order valence-corrected chi connectivity index (χ3v) is 3.66. The summed E-state index contributed by atoms with van der Waals surface area (Å²) in [5.41, 5.74) is 2.67. The highest BCUT2D eigenvalue weighted by Gasteiger charge is 2.24. The fourth-order valence-electron chi connectivity index (χ4n) is 2.28. The molecule has 0 saturated heterocycles. The minimum Gasteiger partial charge on any atom is -0.310 e. The molecule has 0 aliphatic heterocycles. The molecule has 0 radical (unpaired) electrons. The third kappa shape index (κ3) is 2.64. The summed E-state index contributed by atoms with van der Waals surface area (Å²) in [5.74, 6) is 1.01. The average Bonchev–Trinajstić information content (AvgIpc) is 3.03. The molecule has 1 aromatic heterocycles. The van der Waals surface area contributed by atoms with Crippen molar-refractivity contribution in [2.45, 2.75) is 45.6 Å². The topological polar surface area (TPSA) is 29.9 Å². The molecule has 1 aromatic rings. The molecule has 1 unspecified atom stereocenters. The fraction of sp³-hybridized carbons (Fsp3) is 0.769. The van der Waals surface area contributed by atoms with E-state index in [0.717, 1.165) is 12.5 Å². The summed E-state index contributed by atoms with van der Waals surface area (Å²) in [4.78, 5) is 0. The maximum absolute atomic E-state index is 4.34. The zero-order valence-corrected chi connectivity index (χ0v) is 10.7. The lowest BCUT2D eigenvalue weighted by Crippen LogP contribution is -2.21. The van der Waals surface area contributed by atoms with Crippen molar-refractivity contribution in [2.75, 3.05) is 6.54 Å². The van der Waals surface area contributed by atoms with Crippen LogP contribution in [0.25, 0.3) is 0 Å². The van der Waals surface area contributed by atoms with Crippen molar-refractivity contribution in [1.82, 2.24) is 15.1 Å². The van der Waals surface area contributed by atoms with E-state index in [4.69, 9.17) is 0 Å². The summed E-state index contributed by atoms with van der Waals surface area (Å²) in [6.07, 6.45) is 7.54. The molecule has 0 aromatic carbocycles. The van der Waals surface area contributed by atoms with Crippen molar-refractivity contribution < 1.29 is 0 Å². The van der Waals surface area contributed by atoms with Gasteiger partial charge in [-0.05, 0) is 32.2 Å². The van der Waals surface area contributed by atoms with Crippen LogP contribution in [0.15, 0.2) is 6.20 Å². The minimum atomic E-state index is 0.499. The Morgan fingerprint density at radius 1 is 1.56 bits per heavy atom. The van der Waals surface area contributed by atoms with E-state index in [1.165, 1.54) is 36.9 Å². The number of rotatable bonds is 6. The summed E-state index contributed by atoms with van der Waals surface area (Å²) < 4.78 is 1.97. The van der Waals surface area contributed by atoms with Gasteiger partial charge in [0.25, 0.3) is 0 Å². The number of nitrogens with zero attached hydrogens (tertiary/aromatic N) is 2. The zero-order valence-electron chi connectivity index (χ0n) is 10.7. The van der Waals surface area contributed by atoms with Gasteiger partial charge in [0.05, 0.1) is 6.20 Å². The van der Waals surface area contributed by atoms with E-state index in [1.807, 2.05) is 17.9 Å². The molecule has 1 saturated carbocycles. The number of aryl methyl sites for hydroxylation is 1. The van der Waals surface area contributed by atoms with Gasteiger partial charge in [0.2, 0.25) is 0 Å². The molecule has 1 aliphatic carbocycles. The Labute approximate surface area is 98.2 Å². The molecule has 16 heavy (non-hydrogen) atoms. The van der Waals surface area contributed by atoms with Crippen molar-refractivity contribution in [3.05, 3.63) is 17.5 Å². The predicted molar refractivity (Wildman–Crippen MR) is 66.3 cm³/mol. The summed E-state index contributed by atoms with van der Waals surface area (Å²) in [5, 5.41) is 7.92. The highest BCUT2D eigenvalue weighted by atomic mass is 15.3.